The fourth-order valence-corrected chi connectivity index (χ4v) is 4.96. The van der Waals surface area contributed by atoms with Crippen molar-refractivity contribution in [2.75, 3.05) is 26.8 Å². The largest absolute Gasteiger partial charge is 0.493 e. The van der Waals surface area contributed by atoms with Gasteiger partial charge < -0.3 is 14.6 Å². The summed E-state index contributed by atoms with van der Waals surface area (Å²) in [4.78, 5) is 38.7. The third-order valence-corrected chi connectivity index (χ3v) is 6.63. The number of hydrogen-bond donors (Lipinski definition) is 1. The molecule has 0 spiro atoms. The molecule has 2 amide bonds. The maximum absolute atomic E-state index is 11.8. The number of nitrogens with zero attached hydrogens (tertiary/aromatic N) is 2. The van der Waals surface area contributed by atoms with E-state index in [1.807, 2.05) is 12.1 Å². The molecule has 1 aliphatic heterocycles. The molecule has 0 radical (unpaired) electrons. The molecule has 10 heteroatoms. The quantitative estimate of drug-likeness (QED) is 0.342. The molecule has 1 saturated heterocycles. The Morgan fingerprint density at radius 1 is 1.08 bits per heavy atom. The van der Waals surface area contributed by atoms with E-state index in [0.29, 0.717) is 40.2 Å². The number of carbonyl (C=O) groups excluding carboxylic acids is 2. The lowest BCUT2D eigenvalue weighted by molar-refractivity contribution is -0.140. The maximum Gasteiger partial charge on any atom is 0.305 e. The summed E-state index contributed by atoms with van der Waals surface area (Å²) in [6.45, 7) is 5.56. The van der Waals surface area contributed by atoms with Gasteiger partial charge >= 0.3 is 5.97 Å². The van der Waals surface area contributed by atoms with Gasteiger partial charge in [-0.05, 0) is 41.3 Å². The molecule has 37 heavy (non-hydrogen) atoms. The third kappa shape index (κ3) is 7.84. The maximum atomic E-state index is 11.8. The van der Waals surface area contributed by atoms with Crippen LogP contribution in [0.5, 0.6) is 11.5 Å². The number of carbonyl (C=O) groups is 3. The van der Waals surface area contributed by atoms with E-state index in [4.69, 9.17) is 32.7 Å². The van der Waals surface area contributed by atoms with Gasteiger partial charge in [-0.1, -0.05) is 49.2 Å². The number of carboxylic acid groups (broad SMARTS) is 1. The van der Waals surface area contributed by atoms with Crippen molar-refractivity contribution in [2.45, 2.75) is 45.7 Å². The van der Waals surface area contributed by atoms with E-state index in [1.165, 1.54) is 12.0 Å². The third-order valence-electron chi connectivity index (χ3n) is 6.07. The lowest BCUT2D eigenvalue weighted by atomic mass is 9.99. The van der Waals surface area contributed by atoms with Gasteiger partial charge in [0, 0.05) is 42.0 Å². The molecule has 1 unspecified atom stereocenters. The standard InChI is InChI=1S/C27H32Cl2N2O6/c1-17(2)15-30(22(14-27(34)35)20-6-5-19(28)13-21(20)29)16-18-4-7-23(24(12-18)36-3)37-11-10-31-25(32)8-9-26(31)33/h4-7,12-13,17,22H,8-11,14-16H2,1-3H3,(H,34,35). The summed E-state index contributed by atoms with van der Waals surface area (Å²) in [5, 5.41) is 10.6. The van der Waals surface area contributed by atoms with Gasteiger partial charge in [-0.25, -0.2) is 0 Å². The van der Waals surface area contributed by atoms with Crippen LogP contribution < -0.4 is 9.47 Å². The normalized spacial score (nSPS) is 14.5. The molecule has 2 aromatic rings. The van der Waals surface area contributed by atoms with Gasteiger partial charge in [-0.3, -0.25) is 24.2 Å². The number of benzene rings is 2. The number of imide groups is 1. The first-order valence-corrected chi connectivity index (χ1v) is 12.9. The SMILES string of the molecule is COc1cc(CN(CC(C)C)C(CC(=O)O)c2ccc(Cl)cc2Cl)ccc1OCCN1C(=O)CCC1=O. The topological polar surface area (TPSA) is 96.4 Å². The Morgan fingerprint density at radius 2 is 1.78 bits per heavy atom. The minimum absolute atomic E-state index is 0.125. The Morgan fingerprint density at radius 3 is 2.38 bits per heavy atom. The number of carboxylic acids is 1. The monoisotopic (exact) mass is 550 g/mol. The first-order chi connectivity index (χ1) is 17.6. The summed E-state index contributed by atoms with van der Waals surface area (Å²) >= 11 is 12.6. The second-order valence-corrected chi connectivity index (χ2v) is 10.2. The predicted octanol–water partition coefficient (Wildman–Crippen LogP) is 5.20. The number of ether oxygens (including phenoxy) is 2. The molecule has 1 heterocycles. The van der Waals surface area contributed by atoms with Crippen LogP contribution in [0, 0.1) is 5.92 Å². The Hall–Kier alpha value is -2.81. The van der Waals surface area contributed by atoms with Gasteiger partial charge in [0.2, 0.25) is 11.8 Å². The summed E-state index contributed by atoms with van der Waals surface area (Å²) in [7, 11) is 1.53. The van der Waals surface area contributed by atoms with Crippen LogP contribution in [0.1, 0.15) is 50.3 Å². The predicted molar refractivity (Wildman–Crippen MR) is 141 cm³/mol. The molecule has 0 aliphatic carbocycles. The number of aliphatic carboxylic acids is 1. The van der Waals surface area contributed by atoms with Crippen LogP contribution in [0.3, 0.4) is 0 Å². The Balaban J connectivity index is 1.80. The summed E-state index contributed by atoms with van der Waals surface area (Å²) in [6, 6.07) is 10.1. The van der Waals surface area contributed by atoms with E-state index in [2.05, 4.69) is 18.7 Å². The number of hydrogen-bond acceptors (Lipinski definition) is 6. The van der Waals surface area contributed by atoms with E-state index >= 15 is 0 Å². The zero-order chi connectivity index (χ0) is 27.1. The molecule has 0 bridgehead atoms. The zero-order valence-electron chi connectivity index (χ0n) is 21.2. The van der Waals surface area contributed by atoms with Crippen molar-refractivity contribution in [1.82, 2.24) is 9.80 Å². The minimum Gasteiger partial charge on any atom is -0.493 e. The molecule has 1 atom stereocenters. The highest BCUT2D eigenvalue weighted by molar-refractivity contribution is 6.35. The number of halogens is 2. The second-order valence-electron chi connectivity index (χ2n) is 9.38. The molecule has 200 valence electrons. The van der Waals surface area contributed by atoms with Gasteiger partial charge in [0.25, 0.3) is 0 Å². The van der Waals surface area contributed by atoms with Gasteiger partial charge in [0.05, 0.1) is 20.1 Å². The Bertz CT molecular complexity index is 1120. The average molecular weight is 551 g/mol. The highest BCUT2D eigenvalue weighted by Gasteiger charge is 2.29. The molecule has 1 fully saturated rings. The molecule has 1 N–H and O–H groups in total. The van der Waals surface area contributed by atoms with Crippen molar-refractivity contribution in [3.63, 3.8) is 0 Å². The summed E-state index contributed by atoms with van der Waals surface area (Å²) < 4.78 is 11.3. The van der Waals surface area contributed by atoms with Crippen LogP contribution in [0.25, 0.3) is 0 Å². The first-order valence-electron chi connectivity index (χ1n) is 12.1. The van der Waals surface area contributed by atoms with Crippen molar-refractivity contribution in [2.24, 2.45) is 5.92 Å². The van der Waals surface area contributed by atoms with Crippen LogP contribution in [0.2, 0.25) is 10.0 Å². The lowest BCUT2D eigenvalue weighted by Crippen LogP contribution is -2.33. The van der Waals surface area contributed by atoms with Crippen LogP contribution in [-0.2, 0) is 20.9 Å². The molecular weight excluding hydrogens is 519 g/mol. The molecule has 3 rings (SSSR count). The molecule has 1 aliphatic rings. The summed E-state index contributed by atoms with van der Waals surface area (Å²) in [5.41, 5.74) is 1.60. The fourth-order valence-electron chi connectivity index (χ4n) is 4.43. The number of rotatable bonds is 13. The van der Waals surface area contributed by atoms with Crippen molar-refractivity contribution >= 4 is 41.0 Å². The molecule has 0 saturated carbocycles. The van der Waals surface area contributed by atoms with Crippen LogP contribution in [-0.4, -0.2) is 59.5 Å². The summed E-state index contributed by atoms with van der Waals surface area (Å²) in [5.74, 6) is -0.0383. The molecular formula is C27H32Cl2N2O6. The van der Waals surface area contributed by atoms with Gasteiger partial charge in [0.15, 0.2) is 11.5 Å². The van der Waals surface area contributed by atoms with E-state index in [-0.39, 0.29) is 50.1 Å². The van der Waals surface area contributed by atoms with Gasteiger partial charge in [-0.15, -0.1) is 0 Å². The van der Waals surface area contributed by atoms with Crippen LogP contribution in [0.15, 0.2) is 36.4 Å². The van der Waals surface area contributed by atoms with Crippen molar-refractivity contribution in [3.8, 4) is 11.5 Å². The van der Waals surface area contributed by atoms with Gasteiger partial charge in [0.1, 0.15) is 6.61 Å². The average Bonchev–Trinajstić information content (AvgIpc) is 3.15. The Kier molecular flexibility index (Phi) is 10.2. The summed E-state index contributed by atoms with van der Waals surface area (Å²) in [6.07, 6.45) is 0.363. The van der Waals surface area contributed by atoms with E-state index < -0.39 is 12.0 Å². The molecule has 8 nitrogen and oxygen atoms in total. The highest BCUT2D eigenvalue weighted by atomic mass is 35.5. The lowest BCUT2D eigenvalue weighted by Gasteiger charge is -2.33. The highest BCUT2D eigenvalue weighted by Crippen LogP contribution is 2.35. The van der Waals surface area contributed by atoms with E-state index in [0.717, 1.165) is 5.56 Å². The smallest absolute Gasteiger partial charge is 0.305 e. The number of likely N-dealkylation sites (tertiary alicyclic amines) is 1. The van der Waals surface area contributed by atoms with Crippen molar-refractivity contribution < 1.29 is 29.0 Å². The fraction of sp³-hybridized carbons (Fsp3) is 0.444. The van der Waals surface area contributed by atoms with Crippen LogP contribution in [0.4, 0.5) is 0 Å². The van der Waals surface area contributed by atoms with E-state index in [9.17, 15) is 19.5 Å². The molecule has 2 aromatic carbocycles. The van der Waals surface area contributed by atoms with Crippen LogP contribution >= 0.6 is 23.2 Å². The minimum atomic E-state index is -0.930. The second kappa shape index (κ2) is 13.1. The first kappa shape index (κ1) is 28.8. The zero-order valence-corrected chi connectivity index (χ0v) is 22.7. The van der Waals surface area contributed by atoms with Crippen molar-refractivity contribution in [1.29, 1.82) is 0 Å². The number of methoxy groups -OCH3 is 1. The van der Waals surface area contributed by atoms with Gasteiger partial charge in [-0.2, -0.15) is 0 Å². The van der Waals surface area contributed by atoms with Crippen molar-refractivity contribution in [3.05, 3.63) is 57.6 Å². The Labute approximate surface area is 227 Å². The number of amides is 2. The molecule has 0 aromatic heterocycles. The van der Waals surface area contributed by atoms with E-state index in [1.54, 1.807) is 24.3 Å².